The van der Waals surface area contributed by atoms with Crippen molar-refractivity contribution in [3.63, 3.8) is 0 Å². The van der Waals surface area contributed by atoms with Crippen LogP contribution < -0.4 is 4.90 Å². The number of rotatable bonds is 5. The van der Waals surface area contributed by atoms with Crippen molar-refractivity contribution in [3.8, 4) is 0 Å². The molecule has 0 unspecified atom stereocenters. The molecular weight excluding hydrogens is 362 g/mol. The molecule has 0 N–H and O–H groups in total. The number of nitro groups is 1. The number of carbonyl (C=O) groups excluding carboxylic acids is 2. The molecule has 0 radical (unpaired) electrons. The van der Waals surface area contributed by atoms with Gasteiger partial charge in [0, 0.05) is 81.6 Å². The second-order valence-electron chi connectivity index (χ2n) is 7.05. The summed E-state index contributed by atoms with van der Waals surface area (Å²) in [6.45, 7) is 4.29. The topological polar surface area (TPSA) is 99.9 Å². The molecule has 2 fully saturated rings. The average molecular weight is 383 g/mol. The minimum absolute atomic E-state index is 0.0606. The molecule has 146 valence electrons. The second kappa shape index (κ2) is 7.51. The van der Waals surface area contributed by atoms with Crippen LogP contribution in [-0.4, -0.2) is 70.8 Å². The highest BCUT2D eigenvalue weighted by Crippen LogP contribution is 2.33. The Labute approximate surface area is 161 Å². The van der Waals surface area contributed by atoms with Crippen LogP contribution in [0, 0.1) is 10.1 Å². The predicted molar refractivity (Wildman–Crippen MR) is 103 cm³/mol. The van der Waals surface area contributed by atoms with E-state index in [9.17, 15) is 19.7 Å². The molecule has 2 aliphatic heterocycles. The van der Waals surface area contributed by atoms with E-state index in [-0.39, 0.29) is 22.4 Å². The molecule has 3 heterocycles. The van der Waals surface area contributed by atoms with E-state index in [1.807, 2.05) is 6.07 Å². The third kappa shape index (κ3) is 3.40. The van der Waals surface area contributed by atoms with Crippen LogP contribution >= 0.6 is 0 Å². The van der Waals surface area contributed by atoms with Gasteiger partial charge in [0.25, 0.3) is 5.69 Å². The number of non-ortho nitro benzene ring substituents is 1. The van der Waals surface area contributed by atoms with Crippen LogP contribution in [0.4, 0.5) is 11.4 Å². The minimum atomic E-state index is -0.382. The van der Waals surface area contributed by atoms with E-state index in [0.717, 1.165) is 37.3 Å². The summed E-state index contributed by atoms with van der Waals surface area (Å²) in [6, 6.07) is 5.16. The highest BCUT2D eigenvalue weighted by molar-refractivity contribution is 6.02. The normalized spacial score (nSPS) is 18.3. The molecule has 4 rings (SSSR count). The van der Waals surface area contributed by atoms with Crippen molar-refractivity contribution in [1.29, 1.82) is 0 Å². The molecule has 2 aliphatic rings. The number of nitrogens with zero attached hydrogens (tertiary/aromatic N) is 5. The van der Waals surface area contributed by atoms with Gasteiger partial charge >= 0.3 is 0 Å². The Morgan fingerprint density at radius 1 is 0.964 bits per heavy atom. The third-order valence-electron chi connectivity index (χ3n) is 5.48. The molecule has 0 saturated carbocycles. The van der Waals surface area contributed by atoms with Gasteiger partial charge in [0.2, 0.25) is 11.8 Å². The van der Waals surface area contributed by atoms with Crippen molar-refractivity contribution in [1.82, 2.24) is 14.8 Å². The summed E-state index contributed by atoms with van der Waals surface area (Å²) >= 11 is 0. The molecule has 0 atom stereocenters. The number of pyridine rings is 1. The lowest BCUT2D eigenvalue weighted by Gasteiger charge is -2.37. The van der Waals surface area contributed by atoms with E-state index < -0.39 is 0 Å². The largest absolute Gasteiger partial charge is 0.368 e. The lowest BCUT2D eigenvalue weighted by molar-refractivity contribution is -0.383. The zero-order valence-corrected chi connectivity index (χ0v) is 15.4. The van der Waals surface area contributed by atoms with Gasteiger partial charge in [0.05, 0.1) is 10.3 Å². The van der Waals surface area contributed by atoms with Gasteiger partial charge in [-0.3, -0.25) is 34.5 Å². The van der Waals surface area contributed by atoms with Crippen molar-refractivity contribution in [2.24, 2.45) is 0 Å². The van der Waals surface area contributed by atoms with Gasteiger partial charge in [0.15, 0.2) is 0 Å². The molecular formula is C19H21N5O4. The van der Waals surface area contributed by atoms with Gasteiger partial charge in [-0.1, -0.05) is 0 Å². The van der Waals surface area contributed by atoms with Crippen molar-refractivity contribution in [2.75, 3.05) is 44.2 Å². The number of fused-ring (bicyclic) bond motifs is 1. The summed E-state index contributed by atoms with van der Waals surface area (Å²) in [5.41, 5.74) is 1.03. The quantitative estimate of drug-likeness (QED) is 0.437. The number of amides is 2. The summed E-state index contributed by atoms with van der Waals surface area (Å²) in [5.74, 6) is -0.149. The van der Waals surface area contributed by atoms with Crippen LogP contribution in [0.25, 0.3) is 10.8 Å². The van der Waals surface area contributed by atoms with Crippen molar-refractivity contribution >= 4 is 34.0 Å². The number of likely N-dealkylation sites (tertiary alicyclic amines) is 1. The fraction of sp³-hybridized carbons (Fsp3) is 0.421. The number of nitro benzene ring substituents is 1. The Kier molecular flexibility index (Phi) is 4.91. The van der Waals surface area contributed by atoms with E-state index in [2.05, 4.69) is 14.8 Å². The predicted octanol–water partition coefficient (Wildman–Crippen LogP) is 1.41. The number of benzene rings is 1. The maximum Gasteiger partial charge on any atom is 0.278 e. The van der Waals surface area contributed by atoms with Crippen molar-refractivity contribution in [2.45, 2.75) is 12.8 Å². The van der Waals surface area contributed by atoms with Crippen LogP contribution in [0.5, 0.6) is 0 Å². The Hall–Kier alpha value is -3.07. The van der Waals surface area contributed by atoms with Gasteiger partial charge in [0.1, 0.15) is 0 Å². The minimum Gasteiger partial charge on any atom is -0.368 e. The molecule has 2 saturated heterocycles. The van der Waals surface area contributed by atoms with Crippen LogP contribution in [0.1, 0.15) is 12.8 Å². The molecule has 2 aromatic rings. The van der Waals surface area contributed by atoms with Crippen molar-refractivity contribution in [3.05, 3.63) is 40.7 Å². The molecule has 9 nitrogen and oxygen atoms in total. The summed E-state index contributed by atoms with van der Waals surface area (Å²) < 4.78 is 0. The van der Waals surface area contributed by atoms with Crippen LogP contribution in [0.2, 0.25) is 0 Å². The van der Waals surface area contributed by atoms with E-state index in [1.54, 1.807) is 12.3 Å². The number of hydrogen-bond donors (Lipinski definition) is 0. The standard InChI is InChI=1S/C19H21N5O4/c25-18-3-4-19(26)23(18)12-9-21-7-10-22(11-8-21)16-1-2-17(24(27)28)15-13-20-6-5-14(15)16/h1-2,5-6,13H,3-4,7-12H2. The highest BCUT2D eigenvalue weighted by atomic mass is 16.6. The van der Waals surface area contributed by atoms with E-state index in [4.69, 9.17) is 0 Å². The average Bonchev–Trinajstić information content (AvgIpc) is 3.03. The molecule has 1 aromatic heterocycles. The molecule has 0 spiro atoms. The number of imide groups is 1. The third-order valence-corrected chi connectivity index (χ3v) is 5.48. The molecule has 0 bridgehead atoms. The van der Waals surface area contributed by atoms with Crippen LogP contribution in [0.3, 0.4) is 0 Å². The Balaban J connectivity index is 1.43. The summed E-state index contributed by atoms with van der Waals surface area (Å²) in [5, 5.41) is 12.6. The zero-order valence-electron chi connectivity index (χ0n) is 15.4. The van der Waals surface area contributed by atoms with Gasteiger partial charge in [-0.05, 0) is 12.1 Å². The first-order chi connectivity index (χ1) is 13.5. The fourth-order valence-corrected chi connectivity index (χ4v) is 3.92. The number of hydrogen-bond acceptors (Lipinski definition) is 7. The molecule has 9 heteroatoms. The maximum absolute atomic E-state index is 11.7. The smallest absolute Gasteiger partial charge is 0.278 e. The highest BCUT2D eigenvalue weighted by Gasteiger charge is 2.29. The maximum atomic E-state index is 11.7. The summed E-state index contributed by atoms with van der Waals surface area (Å²) in [4.78, 5) is 44.2. The lowest BCUT2D eigenvalue weighted by atomic mass is 10.1. The first kappa shape index (κ1) is 18.3. The molecule has 28 heavy (non-hydrogen) atoms. The van der Waals surface area contributed by atoms with Crippen molar-refractivity contribution < 1.29 is 14.5 Å². The number of aromatic nitrogens is 1. The SMILES string of the molecule is O=C1CCC(=O)N1CCN1CCN(c2ccc([N+](=O)[O-])c3cnccc23)CC1. The fourth-order valence-electron chi connectivity index (χ4n) is 3.92. The first-order valence-electron chi connectivity index (χ1n) is 9.36. The van der Waals surface area contributed by atoms with Gasteiger partial charge in [-0.15, -0.1) is 0 Å². The number of anilines is 1. The molecule has 0 aliphatic carbocycles. The Morgan fingerprint density at radius 2 is 1.68 bits per heavy atom. The van der Waals surface area contributed by atoms with Gasteiger partial charge in [-0.2, -0.15) is 0 Å². The number of carbonyl (C=O) groups is 2. The molecule has 2 amide bonds. The van der Waals surface area contributed by atoms with E-state index in [0.29, 0.717) is 31.3 Å². The van der Waals surface area contributed by atoms with Crippen LogP contribution in [0.15, 0.2) is 30.6 Å². The van der Waals surface area contributed by atoms with Gasteiger partial charge in [-0.25, -0.2) is 0 Å². The first-order valence-corrected chi connectivity index (χ1v) is 9.36. The Morgan fingerprint density at radius 3 is 2.36 bits per heavy atom. The summed E-state index contributed by atoms with van der Waals surface area (Å²) in [6.07, 6.45) is 3.84. The Bertz CT molecular complexity index is 923. The lowest BCUT2D eigenvalue weighted by Crippen LogP contribution is -2.49. The van der Waals surface area contributed by atoms with Gasteiger partial charge < -0.3 is 4.90 Å². The zero-order chi connectivity index (χ0) is 19.7. The molecule has 1 aromatic carbocycles. The monoisotopic (exact) mass is 383 g/mol. The second-order valence-corrected chi connectivity index (χ2v) is 7.05. The van der Waals surface area contributed by atoms with E-state index in [1.165, 1.54) is 17.2 Å². The van der Waals surface area contributed by atoms with Crippen LogP contribution in [-0.2, 0) is 9.59 Å². The van der Waals surface area contributed by atoms with E-state index >= 15 is 0 Å². The number of piperazine rings is 1. The summed E-state index contributed by atoms with van der Waals surface area (Å²) in [7, 11) is 0.